The van der Waals surface area contributed by atoms with Crippen molar-refractivity contribution < 1.29 is 13.5 Å². The van der Waals surface area contributed by atoms with E-state index in [0.29, 0.717) is 0 Å². The van der Waals surface area contributed by atoms with Crippen LogP contribution in [0.15, 0.2) is 24.3 Å². The van der Waals surface area contributed by atoms with Gasteiger partial charge in [-0.1, -0.05) is 12.1 Å². The van der Waals surface area contributed by atoms with Crippen molar-refractivity contribution >= 4 is 12.4 Å². The Bertz CT molecular complexity index is 264. The van der Waals surface area contributed by atoms with Crippen molar-refractivity contribution in [1.82, 2.24) is 0 Å². The van der Waals surface area contributed by atoms with Gasteiger partial charge in [0.15, 0.2) is 0 Å². The molecule has 80 valence electrons. The van der Waals surface area contributed by atoms with Gasteiger partial charge in [-0.3, -0.25) is 0 Å². The average Bonchev–Trinajstić information content (AvgIpc) is 2.04. The Labute approximate surface area is 87.5 Å². The lowest BCUT2D eigenvalue weighted by atomic mass is 10.1. The summed E-state index contributed by atoms with van der Waals surface area (Å²) in [7, 11) is 0. The number of alkyl halides is 2. The number of hydrogen-bond acceptors (Lipinski definition) is 2. The average molecular weight is 224 g/mol. The second-order valence-corrected chi connectivity index (χ2v) is 2.74. The summed E-state index contributed by atoms with van der Waals surface area (Å²) in [6.45, 7) is -0.954. The van der Waals surface area contributed by atoms with Crippen molar-refractivity contribution in [2.75, 3.05) is 0 Å². The molecule has 1 aromatic carbocycles. The highest BCUT2D eigenvalue weighted by atomic mass is 35.5. The van der Waals surface area contributed by atoms with Crippen LogP contribution in [0.5, 0.6) is 5.75 Å². The molecule has 2 nitrogen and oxygen atoms in total. The molecule has 14 heavy (non-hydrogen) atoms. The molecule has 0 heterocycles. The third kappa shape index (κ3) is 3.89. The van der Waals surface area contributed by atoms with Crippen molar-refractivity contribution in [3.8, 4) is 5.75 Å². The number of rotatable bonds is 3. The Kier molecular flexibility index (Phi) is 5.42. The quantitative estimate of drug-likeness (QED) is 0.855. The van der Waals surface area contributed by atoms with Gasteiger partial charge in [0.05, 0.1) is 0 Å². The molecule has 0 saturated heterocycles. The van der Waals surface area contributed by atoms with Crippen LogP contribution in [-0.4, -0.2) is 6.61 Å². The third-order valence-electron chi connectivity index (χ3n) is 1.63. The van der Waals surface area contributed by atoms with E-state index in [1.165, 1.54) is 12.1 Å². The van der Waals surface area contributed by atoms with E-state index < -0.39 is 6.61 Å². The van der Waals surface area contributed by atoms with Crippen molar-refractivity contribution in [2.24, 2.45) is 5.73 Å². The highest BCUT2D eigenvalue weighted by Gasteiger charge is 2.04. The van der Waals surface area contributed by atoms with E-state index in [1.807, 2.05) is 6.92 Å². The van der Waals surface area contributed by atoms with Crippen LogP contribution in [0.3, 0.4) is 0 Å². The zero-order valence-corrected chi connectivity index (χ0v) is 8.43. The van der Waals surface area contributed by atoms with Gasteiger partial charge >= 0.3 is 6.61 Å². The van der Waals surface area contributed by atoms with Crippen LogP contribution in [0.4, 0.5) is 8.78 Å². The SMILES string of the molecule is CC(N)c1ccc(OC(F)F)cc1.Cl. The van der Waals surface area contributed by atoms with Gasteiger partial charge in [0.25, 0.3) is 0 Å². The number of benzene rings is 1. The van der Waals surface area contributed by atoms with E-state index in [9.17, 15) is 8.78 Å². The predicted octanol–water partition coefficient (Wildman–Crippen LogP) is 2.73. The second kappa shape index (κ2) is 5.78. The Morgan fingerprint density at radius 3 is 2.07 bits per heavy atom. The lowest BCUT2D eigenvalue weighted by molar-refractivity contribution is -0.0498. The maximum atomic E-state index is 11.7. The van der Waals surface area contributed by atoms with E-state index in [2.05, 4.69) is 4.74 Å². The third-order valence-corrected chi connectivity index (χ3v) is 1.63. The number of nitrogens with two attached hydrogens (primary N) is 1. The Morgan fingerprint density at radius 1 is 1.21 bits per heavy atom. The fraction of sp³-hybridized carbons (Fsp3) is 0.333. The summed E-state index contributed by atoms with van der Waals surface area (Å²) in [6.07, 6.45) is 0. The molecule has 0 saturated carbocycles. The highest BCUT2D eigenvalue weighted by Crippen LogP contribution is 2.17. The molecule has 1 unspecified atom stereocenters. The zero-order chi connectivity index (χ0) is 9.84. The summed E-state index contributed by atoms with van der Waals surface area (Å²) < 4.78 is 27.6. The molecule has 0 amide bonds. The largest absolute Gasteiger partial charge is 0.435 e. The standard InChI is InChI=1S/C9H11F2NO.ClH/c1-6(12)7-2-4-8(5-3-7)13-9(10)11;/h2-6,9H,12H2,1H3;1H. The molecule has 0 aliphatic carbocycles. The molecule has 0 spiro atoms. The molecular formula is C9H12ClF2NO. The Balaban J connectivity index is 0.00000169. The first kappa shape index (κ1) is 13.1. The lowest BCUT2D eigenvalue weighted by Gasteiger charge is -2.07. The van der Waals surface area contributed by atoms with Gasteiger partial charge in [0, 0.05) is 6.04 Å². The minimum atomic E-state index is -2.78. The van der Waals surface area contributed by atoms with E-state index in [4.69, 9.17) is 5.73 Å². The van der Waals surface area contributed by atoms with Crippen molar-refractivity contribution in [3.63, 3.8) is 0 Å². The second-order valence-electron chi connectivity index (χ2n) is 2.74. The summed E-state index contributed by atoms with van der Waals surface area (Å²) in [5, 5.41) is 0. The molecule has 1 aromatic rings. The van der Waals surface area contributed by atoms with Gasteiger partial charge in [-0.15, -0.1) is 12.4 Å². The maximum Gasteiger partial charge on any atom is 0.387 e. The summed E-state index contributed by atoms with van der Waals surface area (Å²) in [5.74, 6) is 0.152. The van der Waals surface area contributed by atoms with E-state index >= 15 is 0 Å². The summed E-state index contributed by atoms with van der Waals surface area (Å²) in [5.41, 5.74) is 6.47. The number of halogens is 3. The van der Waals surface area contributed by atoms with Crippen LogP contribution in [-0.2, 0) is 0 Å². The lowest BCUT2D eigenvalue weighted by Crippen LogP contribution is -2.05. The molecule has 1 atom stereocenters. The summed E-state index contributed by atoms with van der Waals surface area (Å²) >= 11 is 0. The van der Waals surface area contributed by atoms with Crippen LogP contribution in [0.25, 0.3) is 0 Å². The van der Waals surface area contributed by atoms with E-state index in [1.54, 1.807) is 12.1 Å². The van der Waals surface area contributed by atoms with Gasteiger partial charge < -0.3 is 10.5 Å². The molecule has 0 fully saturated rings. The number of ether oxygens (including phenoxy) is 1. The van der Waals surface area contributed by atoms with E-state index in [-0.39, 0.29) is 24.2 Å². The smallest absolute Gasteiger partial charge is 0.387 e. The molecule has 0 radical (unpaired) electrons. The zero-order valence-electron chi connectivity index (χ0n) is 7.61. The summed E-state index contributed by atoms with van der Waals surface area (Å²) in [4.78, 5) is 0. The van der Waals surface area contributed by atoms with Crippen LogP contribution in [0, 0.1) is 0 Å². The van der Waals surface area contributed by atoms with Crippen molar-refractivity contribution in [1.29, 1.82) is 0 Å². The first-order chi connectivity index (χ1) is 6.09. The van der Waals surface area contributed by atoms with Crippen molar-refractivity contribution in [3.05, 3.63) is 29.8 Å². The van der Waals surface area contributed by atoms with Crippen LogP contribution in [0.2, 0.25) is 0 Å². The number of hydrogen-bond donors (Lipinski definition) is 1. The van der Waals surface area contributed by atoms with Gasteiger partial charge in [-0.05, 0) is 24.6 Å². The first-order valence-corrected chi connectivity index (χ1v) is 3.90. The molecule has 2 N–H and O–H groups in total. The Morgan fingerprint density at radius 2 is 1.71 bits per heavy atom. The topological polar surface area (TPSA) is 35.2 Å². The fourth-order valence-corrected chi connectivity index (χ4v) is 0.953. The minimum absolute atomic E-state index is 0. The van der Waals surface area contributed by atoms with Crippen LogP contribution in [0.1, 0.15) is 18.5 Å². The van der Waals surface area contributed by atoms with Crippen LogP contribution >= 0.6 is 12.4 Å². The minimum Gasteiger partial charge on any atom is -0.435 e. The fourth-order valence-electron chi connectivity index (χ4n) is 0.953. The molecule has 1 rings (SSSR count). The van der Waals surface area contributed by atoms with E-state index in [0.717, 1.165) is 5.56 Å². The van der Waals surface area contributed by atoms with Crippen LogP contribution < -0.4 is 10.5 Å². The normalized spacial score (nSPS) is 12.1. The molecule has 5 heteroatoms. The predicted molar refractivity (Wildman–Crippen MR) is 52.9 cm³/mol. The molecule has 0 bridgehead atoms. The highest BCUT2D eigenvalue weighted by molar-refractivity contribution is 5.85. The van der Waals surface area contributed by atoms with Crippen molar-refractivity contribution in [2.45, 2.75) is 19.6 Å². The Hall–Kier alpha value is -0.870. The molecular weight excluding hydrogens is 212 g/mol. The van der Waals surface area contributed by atoms with Gasteiger partial charge in [0.1, 0.15) is 5.75 Å². The monoisotopic (exact) mass is 223 g/mol. The van der Waals surface area contributed by atoms with Gasteiger partial charge in [-0.25, -0.2) is 0 Å². The summed E-state index contributed by atoms with van der Waals surface area (Å²) in [6, 6.07) is 6.20. The molecule has 0 aliphatic rings. The molecule has 0 aliphatic heterocycles. The first-order valence-electron chi connectivity index (χ1n) is 3.90. The maximum absolute atomic E-state index is 11.7. The van der Waals surface area contributed by atoms with Gasteiger partial charge in [0.2, 0.25) is 0 Å². The van der Waals surface area contributed by atoms with Gasteiger partial charge in [-0.2, -0.15) is 8.78 Å². The molecule has 0 aromatic heterocycles.